The minimum Gasteiger partial charge on any atom is -0.504 e. The van der Waals surface area contributed by atoms with E-state index in [4.69, 9.17) is 21.4 Å². The summed E-state index contributed by atoms with van der Waals surface area (Å²) in [5.74, 6) is 0.311. The summed E-state index contributed by atoms with van der Waals surface area (Å²) in [5.41, 5.74) is -0.633. The van der Waals surface area contributed by atoms with Crippen molar-refractivity contribution < 1.29 is 20.1 Å². The zero-order valence-corrected chi connectivity index (χ0v) is 11.2. The van der Waals surface area contributed by atoms with Crippen LogP contribution in [0.15, 0.2) is 12.1 Å². The van der Waals surface area contributed by atoms with E-state index in [1.54, 1.807) is 6.07 Å². The number of aliphatic hydroxyl groups excluding tert-OH is 1. The predicted molar refractivity (Wildman–Crippen MR) is 69.1 cm³/mol. The Balaban J connectivity index is 2.70. The lowest BCUT2D eigenvalue weighted by Crippen LogP contribution is -2.40. The van der Waals surface area contributed by atoms with Gasteiger partial charge >= 0.3 is 0 Å². The molecule has 5 nitrogen and oxygen atoms in total. The molecule has 1 aromatic rings. The zero-order valence-electron chi connectivity index (χ0n) is 10.4. The fraction of sp³-hybridized carbons (Fsp3) is 0.500. The Morgan fingerprint density at radius 2 is 2.11 bits per heavy atom. The van der Waals surface area contributed by atoms with Gasteiger partial charge in [-0.05, 0) is 13.0 Å². The monoisotopic (exact) mass is 275 g/mol. The van der Waals surface area contributed by atoms with Crippen molar-refractivity contribution >= 4 is 11.6 Å². The second-order valence-corrected chi connectivity index (χ2v) is 4.81. The van der Waals surface area contributed by atoms with Crippen molar-refractivity contribution in [2.45, 2.75) is 19.1 Å². The number of hydrogen-bond donors (Lipinski definition) is 4. The maximum Gasteiger partial charge on any atom is 0.162 e. The summed E-state index contributed by atoms with van der Waals surface area (Å²) in [6.45, 7) is 1.67. The lowest BCUT2D eigenvalue weighted by molar-refractivity contribution is 0.00250. The van der Waals surface area contributed by atoms with Gasteiger partial charge in [-0.3, -0.25) is 0 Å². The Labute approximate surface area is 111 Å². The number of nitrogens with one attached hydrogen (secondary N) is 1. The molecular weight excluding hydrogens is 258 g/mol. The molecule has 0 radical (unpaired) electrons. The average Bonchev–Trinajstić information content (AvgIpc) is 2.33. The molecule has 0 fully saturated rings. The van der Waals surface area contributed by atoms with Crippen LogP contribution in [0.1, 0.15) is 12.5 Å². The third-order valence-corrected chi connectivity index (χ3v) is 2.72. The van der Waals surface area contributed by atoms with E-state index >= 15 is 0 Å². The first kappa shape index (κ1) is 15.0. The fourth-order valence-electron chi connectivity index (χ4n) is 1.44. The second-order valence-electron chi connectivity index (χ2n) is 4.37. The molecule has 0 aromatic heterocycles. The van der Waals surface area contributed by atoms with Gasteiger partial charge in [0, 0.05) is 29.7 Å². The van der Waals surface area contributed by atoms with Crippen LogP contribution in [0.5, 0.6) is 11.5 Å². The molecule has 102 valence electrons. The molecule has 0 aliphatic carbocycles. The summed E-state index contributed by atoms with van der Waals surface area (Å²) < 4.78 is 4.98. The third kappa shape index (κ3) is 4.03. The number of halogens is 1. The highest BCUT2D eigenvalue weighted by Gasteiger charge is 2.18. The first-order chi connectivity index (χ1) is 8.39. The van der Waals surface area contributed by atoms with Crippen LogP contribution in [0.3, 0.4) is 0 Å². The van der Waals surface area contributed by atoms with Crippen molar-refractivity contribution in [1.29, 1.82) is 0 Å². The number of hydrogen-bond acceptors (Lipinski definition) is 5. The Morgan fingerprint density at radius 3 is 2.67 bits per heavy atom. The molecular formula is C12H18ClNO4. The molecule has 0 spiro atoms. The summed E-state index contributed by atoms with van der Waals surface area (Å²) in [7, 11) is 1.44. The molecule has 4 N–H and O–H groups in total. The smallest absolute Gasteiger partial charge is 0.162 e. The summed E-state index contributed by atoms with van der Waals surface area (Å²) in [4.78, 5) is 0. The van der Waals surface area contributed by atoms with Crippen molar-refractivity contribution in [1.82, 2.24) is 5.32 Å². The molecule has 18 heavy (non-hydrogen) atoms. The van der Waals surface area contributed by atoms with Crippen molar-refractivity contribution in [3.8, 4) is 11.5 Å². The van der Waals surface area contributed by atoms with Crippen LogP contribution >= 0.6 is 11.6 Å². The molecule has 0 heterocycles. The van der Waals surface area contributed by atoms with Crippen molar-refractivity contribution in [2.75, 3.05) is 20.3 Å². The second kappa shape index (κ2) is 6.24. The van der Waals surface area contributed by atoms with Crippen LogP contribution in [0.2, 0.25) is 5.02 Å². The van der Waals surface area contributed by atoms with Crippen LogP contribution in [0, 0.1) is 0 Å². The maximum atomic E-state index is 9.86. The molecule has 0 saturated heterocycles. The molecule has 1 rings (SSSR count). The van der Waals surface area contributed by atoms with E-state index in [-0.39, 0.29) is 18.9 Å². The quantitative estimate of drug-likeness (QED) is 0.620. The van der Waals surface area contributed by atoms with Gasteiger partial charge in [0.1, 0.15) is 0 Å². The van der Waals surface area contributed by atoms with Crippen LogP contribution in [0.4, 0.5) is 0 Å². The van der Waals surface area contributed by atoms with Gasteiger partial charge in [-0.15, -0.1) is 0 Å². The number of phenols is 1. The van der Waals surface area contributed by atoms with Gasteiger partial charge in [0.25, 0.3) is 0 Å². The Kier molecular flexibility index (Phi) is 5.22. The summed E-state index contributed by atoms with van der Waals surface area (Å²) in [6, 6.07) is 3.13. The number of aliphatic hydroxyl groups is 2. The highest BCUT2D eigenvalue weighted by molar-refractivity contribution is 6.30. The normalized spacial score (nSPS) is 14.3. The van der Waals surface area contributed by atoms with E-state index < -0.39 is 5.60 Å². The maximum absolute atomic E-state index is 9.86. The number of rotatable bonds is 6. The molecule has 1 aromatic carbocycles. The SMILES string of the molecule is COc1cc(Cl)cc(CNCC(C)(O)CO)c1O. The number of ether oxygens (including phenoxy) is 1. The zero-order chi connectivity index (χ0) is 13.8. The predicted octanol–water partition coefficient (Wildman–Crippen LogP) is 0.887. The minimum absolute atomic E-state index is 0.0121. The lowest BCUT2D eigenvalue weighted by Gasteiger charge is -2.21. The largest absolute Gasteiger partial charge is 0.504 e. The summed E-state index contributed by atoms with van der Waals surface area (Å²) in [6.07, 6.45) is 0. The number of aromatic hydroxyl groups is 1. The molecule has 1 unspecified atom stereocenters. The van der Waals surface area contributed by atoms with Gasteiger partial charge in [0.05, 0.1) is 19.3 Å². The first-order valence-electron chi connectivity index (χ1n) is 5.49. The summed E-state index contributed by atoms with van der Waals surface area (Å²) >= 11 is 5.89. The average molecular weight is 276 g/mol. The van der Waals surface area contributed by atoms with Gasteiger partial charge in [0.15, 0.2) is 11.5 Å². The van der Waals surface area contributed by atoms with Crippen molar-refractivity contribution in [3.63, 3.8) is 0 Å². The van der Waals surface area contributed by atoms with E-state index in [0.717, 1.165) is 0 Å². The van der Waals surface area contributed by atoms with E-state index in [2.05, 4.69) is 5.32 Å². The first-order valence-corrected chi connectivity index (χ1v) is 5.87. The van der Waals surface area contributed by atoms with Crippen LogP contribution in [0.25, 0.3) is 0 Å². The van der Waals surface area contributed by atoms with Crippen molar-refractivity contribution in [3.05, 3.63) is 22.7 Å². The number of methoxy groups -OCH3 is 1. The van der Waals surface area contributed by atoms with Gasteiger partial charge in [-0.25, -0.2) is 0 Å². The Hall–Kier alpha value is -1.01. The van der Waals surface area contributed by atoms with Gasteiger partial charge in [-0.2, -0.15) is 0 Å². The molecule has 0 aliphatic heterocycles. The van der Waals surface area contributed by atoms with E-state index in [0.29, 0.717) is 22.9 Å². The topological polar surface area (TPSA) is 82.0 Å². The fourth-order valence-corrected chi connectivity index (χ4v) is 1.67. The van der Waals surface area contributed by atoms with Crippen molar-refractivity contribution in [2.24, 2.45) is 0 Å². The number of phenolic OH excluding ortho intramolecular Hbond substituents is 1. The Morgan fingerprint density at radius 1 is 1.44 bits per heavy atom. The highest BCUT2D eigenvalue weighted by Crippen LogP contribution is 2.33. The van der Waals surface area contributed by atoms with E-state index in [9.17, 15) is 10.2 Å². The van der Waals surface area contributed by atoms with Crippen LogP contribution < -0.4 is 10.1 Å². The minimum atomic E-state index is -1.20. The number of benzene rings is 1. The highest BCUT2D eigenvalue weighted by atomic mass is 35.5. The molecule has 6 heteroatoms. The third-order valence-electron chi connectivity index (χ3n) is 2.50. The molecule has 0 bridgehead atoms. The molecule has 1 atom stereocenters. The summed E-state index contributed by atoms with van der Waals surface area (Å²) in [5, 5.41) is 31.7. The van der Waals surface area contributed by atoms with E-state index in [1.165, 1.54) is 20.1 Å². The molecule has 0 aliphatic rings. The van der Waals surface area contributed by atoms with Gasteiger partial charge in [-0.1, -0.05) is 11.6 Å². The molecule has 0 saturated carbocycles. The standard InChI is InChI=1S/C12H18ClNO4/c1-12(17,7-15)6-14-5-8-3-9(13)4-10(18-2)11(8)16/h3-4,14-17H,5-7H2,1-2H3. The molecule has 0 amide bonds. The van der Waals surface area contributed by atoms with Crippen LogP contribution in [-0.2, 0) is 6.54 Å². The van der Waals surface area contributed by atoms with Gasteiger partial charge in [0.2, 0.25) is 0 Å². The Bertz CT molecular complexity index is 409. The van der Waals surface area contributed by atoms with Crippen LogP contribution in [-0.4, -0.2) is 41.2 Å². The van der Waals surface area contributed by atoms with Gasteiger partial charge < -0.3 is 25.4 Å². The lowest BCUT2D eigenvalue weighted by atomic mass is 10.1. The van der Waals surface area contributed by atoms with E-state index in [1.807, 2.05) is 0 Å².